The summed E-state index contributed by atoms with van der Waals surface area (Å²) >= 11 is 5.95. The molecule has 0 aliphatic carbocycles. The van der Waals surface area contributed by atoms with Gasteiger partial charge in [0.1, 0.15) is 0 Å². The van der Waals surface area contributed by atoms with Crippen molar-refractivity contribution in [2.45, 2.75) is 20.0 Å². The maximum atomic E-state index is 12.0. The van der Waals surface area contributed by atoms with Gasteiger partial charge in [0.15, 0.2) is 0 Å². The van der Waals surface area contributed by atoms with E-state index in [1.54, 1.807) is 23.7 Å². The number of aliphatic hydroxyl groups excluding tert-OH is 1. The second kappa shape index (κ2) is 6.07. The zero-order valence-electron chi connectivity index (χ0n) is 11.3. The lowest BCUT2D eigenvalue weighted by atomic mass is 10.2. The van der Waals surface area contributed by atoms with Gasteiger partial charge in [0.2, 0.25) is 0 Å². The number of amides is 1. The lowest BCUT2D eigenvalue weighted by molar-refractivity contribution is 0.0923. The number of carbonyl (C=O) groups excluding carboxylic acids is 1. The molecule has 106 valence electrons. The van der Waals surface area contributed by atoms with Gasteiger partial charge in [-0.25, -0.2) is 4.68 Å². The van der Waals surface area contributed by atoms with Crippen molar-refractivity contribution in [3.63, 3.8) is 0 Å². The third-order valence-electron chi connectivity index (χ3n) is 2.87. The van der Waals surface area contributed by atoms with Gasteiger partial charge in [0.05, 0.1) is 29.2 Å². The van der Waals surface area contributed by atoms with E-state index in [1.165, 1.54) is 6.20 Å². The Morgan fingerprint density at radius 1 is 1.55 bits per heavy atom. The van der Waals surface area contributed by atoms with Crippen LogP contribution in [0.15, 0.2) is 30.5 Å². The molecule has 1 aromatic carbocycles. The van der Waals surface area contributed by atoms with Crippen LogP contribution in [0.1, 0.15) is 23.0 Å². The molecule has 2 aromatic rings. The van der Waals surface area contributed by atoms with Crippen LogP contribution >= 0.6 is 11.6 Å². The fraction of sp³-hybridized carbons (Fsp3) is 0.286. The van der Waals surface area contributed by atoms with E-state index < -0.39 is 6.10 Å². The van der Waals surface area contributed by atoms with Gasteiger partial charge in [0, 0.05) is 11.6 Å². The van der Waals surface area contributed by atoms with Crippen molar-refractivity contribution in [1.29, 1.82) is 0 Å². The van der Waals surface area contributed by atoms with E-state index in [0.29, 0.717) is 10.6 Å². The highest BCUT2D eigenvalue weighted by Crippen LogP contribution is 2.17. The molecule has 2 rings (SSSR count). The average molecular weight is 294 g/mol. The maximum absolute atomic E-state index is 12.0. The lowest BCUT2D eigenvalue weighted by Gasteiger charge is -2.08. The van der Waals surface area contributed by atoms with Gasteiger partial charge in [-0.15, -0.1) is 0 Å². The first-order valence-electron chi connectivity index (χ1n) is 6.26. The average Bonchev–Trinajstić information content (AvgIpc) is 2.78. The quantitative estimate of drug-likeness (QED) is 0.905. The second-order valence-electron chi connectivity index (χ2n) is 4.59. The van der Waals surface area contributed by atoms with Crippen molar-refractivity contribution in [3.05, 3.63) is 46.7 Å². The maximum Gasteiger partial charge on any atom is 0.254 e. The molecule has 0 saturated carbocycles. The largest absolute Gasteiger partial charge is 0.392 e. The molecule has 0 fully saturated rings. The molecule has 0 spiro atoms. The van der Waals surface area contributed by atoms with Gasteiger partial charge in [-0.3, -0.25) is 4.79 Å². The number of benzene rings is 1. The number of hydrogen-bond donors (Lipinski definition) is 2. The Morgan fingerprint density at radius 2 is 2.30 bits per heavy atom. The van der Waals surface area contributed by atoms with E-state index in [0.717, 1.165) is 11.4 Å². The minimum Gasteiger partial charge on any atom is -0.392 e. The molecule has 1 heterocycles. The molecule has 0 aliphatic rings. The van der Waals surface area contributed by atoms with Gasteiger partial charge in [-0.05, 0) is 32.0 Å². The van der Waals surface area contributed by atoms with E-state index in [1.807, 2.05) is 19.1 Å². The number of aliphatic hydroxyl groups is 1. The number of nitrogens with one attached hydrogen (secondary N) is 1. The molecule has 0 bridgehead atoms. The third-order valence-corrected chi connectivity index (χ3v) is 3.10. The number of nitrogens with zero attached hydrogens (tertiary/aromatic N) is 2. The van der Waals surface area contributed by atoms with E-state index in [-0.39, 0.29) is 12.5 Å². The van der Waals surface area contributed by atoms with Crippen LogP contribution < -0.4 is 5.32 Å². The Morgan fingerprint density at radius 3 is 2.95 bits per heavy atom. The SMILES string of the molecule is Cc1c(C(=O)NCC(C)O)cnn1-c1cccc(Cl)c1. The lowest BCUT2D eigenvalue weighted by Crippen LogP contribution is -2.30. The van der Waals surface area contributed by atoms with Crippen molar-refractivity contribution < 1.29 is 9.90 Å². The predicted octanol–water partition coefficient (Wildman–Crippen LogP) is 1.94. The fourth-order valence-electron chi connectivity index (χ4n) is 1.84. The van der Waals surface area contributed by atoms with Gasteiger partial charge in [-0.1, -0.05) is 17.7 Å². The molecular formula is C14H16ClN3O2. The molecule has 1 unspecified atom stereocenters. The van der Waals surface area contributed by atoms with E-state index >= 15 is 0 Å². The first-order valence-corrected chi connectivity index (χ1v) is 6.63. The highest BCUT2D eigenvalue weighted by molar-refractivity contribution is 6.30. The molecule has 1 atom stereocenters. The van der Waals surface area contributed by atoms with Crippen LogP contribution in [0, 0.1) is 6.92 Å². The highest BCUT2D eigenvalue weighted by atomic mass is 35.5. The van der Waals surface area contributed by atoms with Crippen molar-refractivity contribution in [2.24, 2.45) is 0 Å². The van der Waals surface area contributed by atoms with Crippen molar-refractivity contribution in [1.82, 2.24) is 15.1 Å². The Labute approximate surface area is 122 Å². The van der Waals surface area contributed by atoms with E-state index in [4.69, 9.17) is 11.6 Å². The summed E-state index contributed by atoms with van der Waals surface area (Å²) in [7, 11) is 0. The molecule has 1 amide bonds. The van der Waals surface area contributed by atoms with Gasteiger partial charge >= 0.3 is 0 Å². The van der Waals surface area contributed by atoms with Crippen LogP contribution in [-0.4, -0.2) is 33.4 Å². The molecule has 0 aliphatic heterocycles. The summed E-state index contributed by atoms with van der Waals surface area (Å²) in [5.41, 5.74) is 1.99. The summed E-state index contributed by atoms with van der Waals surface area (Å²) in [6.45, 7) is 3.63. The first-order chi connectivity index (χ1) is 9.49. The normalized spacial score (nSPS) is 12.2. The van der Waals surface area contributed by atoms with Crippen molar-refractivity contribution in [3.8, 4) is 5.69 Å². The first kappa shape index (κ1) is 14.6. The number of aromatic nitrogens is 2. The number of rotatable bonds is 4. The second-order valence-corrected chi connectivity index (χ2v) is 5.03. The molecule has 0 radical (unpaired) electrons. The van der Waals surface area contributed by atoms with Gasteiger partial charge in [-0.2, -0.15) is 5.10 Å². The zero-order valence-corrected chi connectivity index (χ0v) is 12.1. The zero-order chi connectivity index (χ0) is 14.7. The van der Waals surface area contributed by atoms with E-state index in [9.17, 15) is 9.90 Å². The molecule has 2 N–H and O–H groups in total. The predicted molar refractivity (Wildman–Crippen MR) is 77.3 cm³/mol. The van der Waals surface area contributed by atoms with Crippen LogP contribution in [0.4, 0.5) is 0 Å². The molecule has 0 saturated heterocycles. The summed E-state index contributed by atoms with van der Waals surface area (Å²) in [6, 6.07) is 7.24. The Kier molecular flexibility index (Phi) is 4.42. The summed E-state index contributed by atoms with van der Waals surface area (Å²) in [4.78, 5) is 12.0. The van der Waals surface area contributed by atoms with Gasteiger partial charge in [0.25, 0.3) is 5.91 Å². The Balaban J connectivity index is 2.25. The van der Waals surface area contributed by atoms with Crippen molar-refractivity contribution >= 4 is 17.5 Å². The molecule has 5 nitrogen and oxygen atoms in total. The molecular weight excluding hydrogens is 278 g/mol. The van der Waals surface area contributed by atoms with Crippen LogP contribution in [0.25, 0.3) is 5.69 Å². The van der Waals surface area contributed by atoms with Gasteiger partial charge < -0.3 is 10.4 Å². The third kappa shape index (κ3) is 3.18. The number of carbonyl (C=O) groups is 1. The van der Waals surface area contributed by atoms with E-state index in [2.05, 4.69) is 10.4 Å². The summed E-state index contributed by atoms with van der Waals surface area (Å²) in [6.07, 6.45) is 0.926. The Hall–Kier alpha value is -1.85. The van der Waals surface area contributed by atoms with Crippen molar-refractivity contribution in [2.75, 3.05) is 6.54 Å². The molecule has 1 aromatic heterocycles. The summed E-state index contributed by atoms with van der Waals surface area (Å²) in [5.74, 6) is -0.253. The highest BCUT2D eigenvalue weighted by Gasteiger charge is 2.15. The smallest absolute Gasteiger partial charge is 0.254 e. The molecule has 6 heteroatoms. The topological polar surface area (TPSA) is 67.2 Å². The minimum absolute atomic E-state index is 0.209. The van der Waals surface area contributed by atoms with Crippen LogP contribution in [0.3, 0.4) is 0 Å². The minimum atomic E-state index is -0.581. The summed E-state index contributed by atoms with van der Waals surface area (Å²) in [5, 5.41) is 16.6. The summed E-state index contributed by atoms with van der Waals surface area (Å²) < 4.78 is 1.66. The monoisotopic (exact) mass is 293 g/mol. The van der Waals surface area contributed by atoms with Crippen LogP contribution in [-0.2, 0) is 0 Å². The molecule has 20 heavy (non-hydrogen) atoms. The fourth-order valence-corrected chi connectivity index (χ4v) is 2.02. The number of hydrogen-bond acceptors (Lipinski definition) is 3. The number of halogens is 1. The standard InChI is InChI=1S/C14H16ClN3O2/c1-9(19)7-16-14(20)13-8-17-18(10(13)2)12-5-3-4-11(15)6-12/h3-6,8-9,19H,7H2,1-2H3,(H,16,20). The van der Waals surface area contributed by atoms with Crippen LogP contribution in [0.2, 0.25) is 5.02 Å². The Bertz CT molecular complexity index is 623. The van der Waals surface area contributed by atoms with Crippen LogP contribution in [0.5, 0.6) is 0 Å².